The molecule has 3 rings (SSSR count). The highest BCUT2D eigenvalue weighted by Crippen LogP contribution is 2.37. The summed E-state index contributed by atoms with van der Waals surface area (Å²) in [4.78, 5) is 14.8. The van der Waals surface area contributed by atoms with Crippen LogP contribution in [0.25, 0.3) is 0 Å². The van der Waals surface area contributed by atoms with Crippen molar-refractivity contribution in [3.05, 3.63) is 71.0 Å². The molecule has 0 bridgehead atoms. The van der Waals surface area contributed by atoms with Crippen molar-refractivity contribution in [1.82, 2.24) is 4.90 Å². The van der Waals surface area contributed by atoms with E-state index >= 15 is 0 Å². The molecule has 1 amide bonds. The van der Waals surface area contributed by atoms with Gasteiger partial charge in [-0.2, -0.15) is 0 Å². The Balaban J connectivity index is 2.02. The van der Waals surface area contributed by atoms with Gasteiger partial charge in [0.05, 0.1) is 11.6 Å². The second-order valence-corrected chi connectivity index (χ2v) is 6.37. The van der Waals surface area contributed by atoms with Crippen LogP contribution in [0.3, 0.4) is 0 Å². The fourth-order valence-electron chi connectivity index (χ4n) is 3.64. The summed E-state index contributed by atoms with van der Waals surface area (Å²) < 4.78 is 14.3. The summed E-state index contributed by atoms with van der Waals surface area (Å²) >= 11 is 0. The number of aliphatic hydroxyl groups is 1. The van der Waals surface area contributed by atoms with Crippen molar-refractivity contribution < 1.29 is 14.3 Å². The highest BCUT2D eigenvalue weighted by Gasteiger charge is 2.36. The molecule has 4 heteroatoms. The lowest BCUT2D eigenvalue weighted by molar-refractivity contribution is 0.0371. The maximum atomic E-state index is 14.3. The molecule has 1 N–H and O–H groups in total. The smallest absolute Gasteiger partial charge is 0.257 e. The number of hydrogen-bond acceptors (Lipinski definition) is 2. The van der Waals surface area contributed by atoms with Crippen LogP contribution in [0.2, 0.25) is 0 Å². The second-order valence-electron chi connectivity index (χ2n) is 6.37. The van der Waals surface area contributed by atoms with Crippen molar-refractivity contribution in [2.45, 2.75) is 25.8 Å². The van der Waals surface area contributed by atoms with Gasteiger partial charge >= 0.3 is 0 Å². The van der Waals surface area contributed by atoms with Crippen molar-refractivity contribution in [2.75, 3.05) is 13.2 Å². The molecular weight excluding hydrogens is 305 g/mol. The third-order valence-corrected chi connectivity index (χ3v) is 4.83. The third kappa shape index (κ3) is 3.06. The maximum Gasteiger partial charge on any atom is 0.257 e. The number of likely N-dealkylation sites (tertiary alicyclic amines) is 1. The van der Waals surface area contributed by atoms with E-state index in [1.165, 1.54) is 6.07 Å². The predicted molar refractivity (Wildman–Crippen MR) is 91.2 cm³/mol. The Morgan fingerprint density at radius 3 is 2.62 bits per heavy atom. The third-order valence-electron chi connectivity index (χ3n) is 4.83. The van der Waals surface area contributed by atoms with E-state index in [-0.39, 0.29) is 30.0 Å². The zero-order valence-corrected chi connectivity index (χ0v) is 13.8. The lowest BCUT2D eigenvalue weighted by Crippen LogP contribution is -2.44. The standard InChI is InChI=1S/C20H22FNO2/c1-14-7-5-11-17(21)18(14)20(24)22-12-6-10-16(13-23)19(22)15-8-3-2-4-9-15/h2-5,7-9,11,16,19,23H,6,10,12-13H2,1H3/t16-,19?/m1/s1. The van der Waals surface area contributed by atoms with Gasteiger partial charge in [0.15, 0.2) is 0 Å². The largest absolute Gasteiger partial charge is 0.396 e. The van der Waals surface area contributed by atoms with Crippen molar-refractivity contribution in [3.63, 3.8) is 0 Å². The average molecular weight is 327 g/mol. The number of carbonyl (C=O) groups is 1. The lowest BCUT2D eigenvalue weighted by Gasteiger charge is -2.41. The van der Waals surface area contributed by atoms with Gasteiger partial charge in [-0.25, -0.2) is 4.39 Å². The molecular formula is C20H22FNO2. The molecule has 0 aromatic heterocycles. The van der Waals surface area contributed by atoms with E-state index in [0.29, 0.717) is 12.1 Å². The number of halogens is 1. The number of aryl methyl sites for hydroxylation is 1. The Labute approximate surface area is 141 Å². The Morgan fingerprint density at radius 2 is 1.96 bits per heavy atom. The van der Waals surface area contributed by atoms with Gasteiger partial charge < -0.3 is 10.0 Å². The molecule has 0 saturated carbocycles. The Morgan fingerprint density at radius 1 is 1.21 bits per heavy atom. The minimum atomic E-state index is -0.488. The van der Waals surface area contributed by atoms with E-state index in [4.69, 9.17) is 0 Å². The topological polar surface area (TPSA) is 40.5 Å². The summed E-state index contributed by atoms with van der Waals surface area (Å²) in [5.41, 5.74) is 1.76. The first-order chi connectivity index (χ1) is 11.6. The van der Waals surface area contributed by atoms with Crippen LogP contribution in [0.5, 0.6) is 0 Å². The number of amides is 1. The first kappa shape index (κ1) is 16.7. The Kier molecular flexibility index (Phi) is 4.95. The average Bonchev–Trinajstić information content (AvgIpc) is 2.61. The molecule has 2 aromatic rings. The molecule has 2 aromatic carbocycles. The van der Waals surface area contributed by atoms with Gasteiger partial charge in [-0.3, -0.25) is 4.79 Å². The van der Waals surface area contributed by atoms with Gasteiger partial charge in [0.2, 0.25) is 0 Å². The monoisotopic (exact) mass is 327 g/mol. The number of hydrogen-bond donors (Lipinski definition) is 1. The minimum absolute atomic E-state index is 0.0135. The van der Waals surface area contributed by atoms with E-state index in [9.17, 15) is 14.3 Å². The van der Waals surface area contributed by atoms with E-state index in [1.807, 2.05) is 30.3 Å². The van der Waals surface area contributed by atoms with E-state index in [1.54, 1.807) is 24.0 Å². The molecule has 3 nitrogen and oxygen atoms in total. The highest BCUT2D eigenvalue weighted by atomic mass is 19.1. The van der Waals surface area contributed by atoms with E-state index in [2.05, 4.69) is 0 Å². The summed E-state index contributed by atoms with van der Waals surface area (Å²) in [6, 6.07) is 14.2. The van der Waals surface area contributed by atoms with E-state index < -0.39 is 5.82 Å². The van der Waals surface area contributed by atoms with Crippen LogP contribution in [-0.2, 0) is 0 Å². The molecule has 126 valence electrons. The number of piperidine rings is 1. The minimum Gasteiger partial charge on any atom is -0.396 e. The van der Waals surface area contributed by atoms with Crippen LogP contribution in [-0.4, -0.2) is 29.1 Å². The predicted octanol–water partition coefficient (Wildman–Crippen LogP) is 3.72. The maximum absolute atomic E-state index is 14.3. The normalized spacial score (nSPS) is 20.9. The molecule has 1 aliphatic rings. The molecule has 0 aliphatic carbocycles. The van der Waals surface area contributed by atoms with Crippen LogP contribution < -0.4 is 0 Å². The first-order valence-electron chi connectivity index (χ1n) is 8.35. The SMILES string of the molecule is Cc1cccc(F)c1C(=O)N1CCC[C@H](CO)C1c1ccccc1. The van der Waals surface area contributed by atoms with Gasteiger partial charge in [0.25, 0.3) is 5.91 Å². The summed E-state index contributed by atoms with van der Waals surface area (Å²) in [5.74, 6) is -0.812. The van der Waals surface area contributed by atoms with Crippen molar-refractivity contribution in [1.29, 1.82) is 0 Å². The molecule has 1 heterocycles. The van der Waals surface area contributed by atoms with Crippen LogP contribution in [0.15, 0.2) is 48.5 Å². The van der Waals surface area contributed by atoms with Crippen LogP contribution in [0.4, 0.5) is 4.39 Å². The highest BCUT2D eigenvalue weighted by molar-refractivity contribution is 5.96. The zero-order valence-electron chi connectivity index (χ0n) is 13.8. The second kappa shape index (κ2) is 7.14. The zero-order chi connectivity index (χ0) is 17.1. The molecule has 24 heavy (non-hydrogen) atoms. The van der Waals surface area contributed by atoms with Gasteiger partial charge in [-0.15, -0.1) is 0 Å². The number of rotatable bonds is 3. The molecule has 0 radical (unpaired) electrons. The van der Waals surface area contributed by atoms with Gasteiger partial charge in [0, 0.05) is 19.1 Å². The Bertz CT molecular complexity index is 697. The van der Waals surface area contributed by atoms with Crippen LogP contribution in [0.1, 0.15) is 40.4 Å². The molecule has 1 aliphatic heterocycles. The quantitative estimate of drug-likeness (QED) is 0.933. The molecule has 1 unspecified atom stereocenters. The fourth-order valence-corrected chi connectivity index (χ4v) is 3.64. The summed E-state index contributed by atoms with van der Waals surface area (Å²) in [5, 5.41) is 9.79. The summed E-state index contributed by atoms with van der Waals surface area (Å²) in [6.07, 6.45) is 1.67. The summed E-state index contributed by atoms with van der Waals surface area (Å²) in [6.45, 7) is 2.34. The van der Waals surface area contributed by atoms with Gasteiger partial charge in [0.1, 0.15) is 5.82 Å². The number of nitrogens with zero attached hydrogens (tertiary/aromatic N) is 1. The fraction of sp³-hybridized carbons (Fsp3) is 0.350. The number of benzene rings is 2. The van der Waals surface area contributed by atoms with Gasteiger partial charge in [-0.05, 0) is 37.0 Å². The molecule has 2 atom stereocenters. The van der Waals surface area contributed by atoms with Crippen LogP contribution >= 0.6 is 0 Å². The van der Waals surface area contributed by atoms with Gasteiger partial charge in [-0.1, -0.05) is 42.5 Å². The van der Waals surface area contributed by atoms with Crippen molar-refractivity contribution >= 4 is 5.91 Å². The molecule has 0 spiro atoms. The van der Waals surface area contributed by atoms with Crippen molar-refractivity contribution in [2.24, 2.45) is 5.92 Å². The van der Waals surface area contributed by atoms with E-state index in [0.717, 1.165) is 18.4 Å². The van der Waals surface area contributed by atoms with Crippen LogP contribution in [0, 0.1) is 18.7 Å². The Hall–Kier alpha value is -2.20. The number of aliphatic hydroxyl groups excluding tert-OH is 1. The molecule has 1 fully saturated rings. The summed E-state index contributed by atoms with van der Waals surface area (Å²) in [7, 11) is 0. The lowest BCUT2D eigenvalue weighted by atomic mass is 9.84. The van der Waals surface area contributed by atoms with Crippen molar-refractivity contribution in [3.8, 4) is 0 Å². The number of carbonyl (C=O) groups excluding carboxylic acids is 1. The molecule has 1 saturated heterocycles. The first-order valence-corrected chi connectivity index (χ1v) is 8.35.